The number of hydrogen-bond acceptors (Lipinski definition) is 5. The third-order valence-corrected chi connectivity index (χ3v) is 3.19. The minimum atomic E-state index is -0.559. The number of esters is 1. The van der Waals surface area contributed by atoms with E-state index in [2.05, 4.69) is 10.9 Å². The Morgan fingerprint density at radius 3 is 3.11 bits per heavy atom. The van der Waals surface area contributed by atoms with Crippen LogP contribution in [0.4, 0.5) is 0 Å². The van der Waals surface area contributed by atoms with Crippen LogP contribution in [0.2, 0.25) is 0 Å². The number of carbonyl (C=O) groups excluding carboxylic acids is 2. The SMILES string of the molecule is CC1=CCC2C=C(C(=O)CCCON)C(=O)OC2=C1. The lowest BCUT2D eigenvalue weighted by atomic mass is 9.89. The van der Waals surface area contributed by atoms with Crippen LogP contribution in [-0.4, -0.2) is 18.4 Å². The average molecular weight is 263 g/mol. The maximum absolute atomic E-state index is 11.9. The predicted molar refractivity (Wildman–Crippen MR) is 68.5 cm³/mol. The molecule has 0 fully saturated rings. The smallest absolute Gasteiger partial charge is 0.346 e. The fraction of sp³-hybridized carbons (Fsp3) is 0.429. The quantitative estimate of drug-likeness (QED) is 0.352. The molecule has 0 aromatic carbocycles. The van der Waals surface area contributed by atoms with Crippen molar-refractivity contribution < 1.29 is 19.2 Å². The number of hydrogen-bond donors (Lipinski definition) is 1. The van der Waals surface area contributed by atoms with Crippen molar-refractivity contribution in [2.75, 3.05) is 6.61 Å². The fourth-order valence-electron chi connectivity index (χ4n) is 2.16. The number of Topliss-reactive ketones (excluding diaryl/α,β-unsaturated/α-hetero) is 1. The van der Waals surface area contributed by atoms with Crippen molar-refractivity contribution in [3.05, 3.63) is 35.1 Å². The van der Waals surface area contributed by atoms with E-state index in [-0.39, 0.29) is 23.7 Å². The highest BCUT2D eigenvalue weighted by molar-refractivity contribution is 6.18. The maximum Gasteiger partial charge on any atom is 0.346 e. The molecular formula is C14H17NO4. The van der Waals surface area contributed by atoms with E-state index in [1.807, 2.05) is 13.0 Å². The Morgan fingerprint density at radius 1 is 1.58 bits per heavy atom. The van der Waals surface area contributed by atoms with Crippen LogP contribution in [0.1, 0.15) is 26.2 Å². The Balaban J connectivity index is 2.08. The molecule has 102 valence electrons. The van der Waals surface area contributed by atoms with Crippen molar-refractivity contribution >= 4 is 11.8 Å². The summed E-state index contributed by atoms with van der Waals surface area (Å²) in [5.74, 6) is 4.74. The van der Waals surface area contributed by atoms with Crippen LogP contribution in [0.3, 0.4) is 0 Å². The minimum absolute atomic E-state index is 0.00823. The highest BCUT2D eigenvalue weighted by Gasteiger charge is 2.30. The molecule has 2 N–H and O–H groups in total. The van der Waals surface area contributed by atoms with E-state index in [0.717, 1.165) is 12.0 Å². The molecule has 19 heavy (non-hydrogen) atoms. The van der Waals surface area contributed by atoms with Gasteiger partial charge in [0.05, 0.1) is 12.2 Å². The van der Waals surface area contributed by atoms with Gasteiger partial charge in [0.1, 0.15) is 5.76 Å². The van der Waals surface area contributed by atoms with Gasteiger partial charge in [-0.1, -0.05) is 17.7 Å². The molecule has 2 rings (SSSR count). The summed E-state index contributed by atoms with van der Waals surface area (Å²) in [5, 5.41) is 0. The third kappa shape index (κ3) is 3.19. The first-order valence-electron chi connectivity index (χ1n) is 6.29. The second-order valence-electron chi connectivity index (χ2n) is 4.70. The summed E-state index contributed by atoms with van der Waals surface area (Å²) in [4.78, 5) is 28.1. The lowest BCUT2D eigenvalue weighted by Gasteiger charge is -2.25. The monoisotopic (exact) mass is 263 g/mol. The standard InChI is InChI=1S/C14H17NO4/c1-9-4-5-10-8-11(12(16)3-2-6-18-15)14(17)19-13(10)7-9/h4,7-8,10H,2-3,5-6,15H2,1H3. The van der Waals surface area contributed by atoms with Gasteiger partial charge in [0.15, 0.2) is 5.78 Å². The molecule has 1 atom stereocenters. The summed E-state index contributed by atoms with van der Waals surface area (Å²) in [5.41, 5.74) is 1.22. The lowest BCUT2D eigenvalue weighted by molar-refractivity contribution is -0.138. The minimum Gasteiger partial charge on any atom is -0.427 e. The van der Waals surface area contributed by atoms with Gasteiger partial charge in [0, 0.05) is 12.3 Å². The van der Waals surface area contributed by atoms with Crippen molar-refractivity contribution in [3.63, 3.8) is 0 Å². The van der Waals surface area contributed by atoms with Gasteiger partial charge in [-0.25, -0.2) is 10.7 Å². The molecule has 0 spiro atoms. The van der Waals surface area contributed by atoms with Crippen molar-refractivity contribution in [3.8, 4) is 0 Å². The van der Waals surface area contributed by atoms with Crippen LogP contribution < -0.4 is 5.90 Å². The molecule has 1 unspecified atom stereocenters. The van der Waals surface area contributed by atoms with Crippen molar-refractivity contribution in [1.82, 2.24) is 0 Å². The first-order chi connectivity index (χ1) is 9.11. The van der Waals surface area contributed by atoms with E-state index < -0.39 is 5.97 Å². The Kier molecular flexibility index (Phi) is 4.29. The number of ketones is 1. The van der Waals surface area contributed by atoms with Gasteiger partial charge in [-0.3, -0.25) is 4.79 Å². The van der Waals surface area contributed by atoms with Crippen molar-refractivity contribution in [2.45, 2.75) is 26.2 Å². The summed E-state index contributed by atoms with van der Waals surface area (Å²) in [7, 11) is 0. The Labute approximate surface area is 111 Å². The van der Waals surface area contributed by atoms with E-state index in [9.17, 15) is 9.59 Å². The molecular weight excluding hydrogens is 246 g/mol. The van der Waals surface area contributed by atoms with Gasteiger partial charge >= 0.3 is 5.97 Å². The maximum atomic E-state index is 11.9. The molecule has 0 amide bonds. The van der Waals surface area contributed by atoms with Gasteiger partial charge in [-0.2, -0.15) is 0 Å². The van der Waals surface area contributed by atoms with Gasteiger partial charge < -0.3 is 9.57 Å². The van der Waals surface area contributed by atoms with Crippen LogP contribution >= 0.6 is 0 Å². The van der Waals surface area contributed by atoms with E-state index in [0.29, 0.717) is 18.8 Å². The largest absolute Gasteiger partial charge is 0.427 e. The molecule has 0 saturated carbocycles. The second kappa shape index (κ2) is 5.95. The molecule has 0 bridgehead atoms. The molecule has 5 heteroatoms. The average Bonchev–Trinajstić information content (AvgIpc) is 2.38. The summed E-state index contributed by atoms with van der Waals surface area (Å²) in [6, 6.07) is 0. The molecule has 1 aliphatic heterocycles. The number of allylic oxidation sites excluding steroid dienone is 4. The van der Waals surface area contributed by atoms with Crippen molar-refractivity contribution in [2.24, 2.45) is 11.8 Å². The van der Waals surface area contributed by atoms with Crippen LogP contribution in [0, 0.1) is 5.92 Å². The first-order valence-corrected chi connectivity index (χ1v) is 6.29. The molecule has 2 aliphatic rings. The highest BCUT2D eigenvalue weighted by atomic mass is 16.6. The zero-order chi connectivity index (χ0) is 13.8. The number of ether oxygens (including phenoxy) is 1. The number of nitrogens with two attached hydrogens (primary N) is 1. The van der Waals surface area contributed by atoms with E-state index in [4.69, 9.17) is 10.6 Å². The van der Waals surface area contributed by atoms with Gasteiger partial charge in [-0.15, -0.1) is 0 Å². The Bertz CT molecular complexity index is 488. The molecule has 0 saturated heterocycles. The molecule has 1 aliphatic carbocycles. The summed E-state index contributed by atoms with van der Waals surface area (Å²) >= 11 is 0. The number of rotatable bonds is 5. The molecule has 0 radical (unpaired) electrons. The molecule has 0 aromatic rings. The van der Waals surface area contributed by atoms with Crippen LogP contribution in [-0.2, 0) is 19.2 Å². The summed E-state index contributed by atoms with van der Waals surface area (Å²) in [6.45, 7) is 2.25. The van der Waals surface area contributed by atoms with Crippen molar-refractivity contribution in [1.29, 1.82) is 0 Å². The molecule has 5 nitrogen and oxygen atoms in total. The highest BCUT2D eigenvalue weighted by Crippen LogP contribution is 2.31. The zero-order valence-corrected chi connectivity index (χ0v) is 10.8. The number of carbonyl (C=O) groups is 2. The normalized spacial score (nSPS) is 21.9. The van der Waals surface area contributed by atoms with Gasteiger partial charge in [0.25, 0.3) is 0 Å². The lowest BCUT2D eigenvalue weighted by Crippen LogP contribution is -2.25. The summed E-state index contributed by atoms with van der Waals surface area (Å²) < 4.78 is 5.24. The Morgan fingerprint density at radius 2 is 2.37 bits per heavy atom. The van der Waals surface area contributed by atoms with Crippen LogP contribution in [0.15, 0.2) is 35.1 Å². The van der Waals surface area contributed by atoms with Gasteiger partial charge in [0.2, 0.25) is 0 Å². The van der Waals surface area contributed by atoms with E-state index in [1.54, 1.807) is 6.08 Å². The topological polar surface area (TPSA) is 78.6 Å². The van der Waals surface area contributed by atoms with Crippen LogP contribution in [0.25, 0.3) is 0 Å². The fourth-order valence-corrected chi connectivity index (χ4v) is 2.16. The van der Waals surface area contributed by atoms with E-state index in [1.165, 1.54) is 0 Å². The number of fused-ring (bicyclic) bond motifs is 1. The van der Waals surface area contributed by atoms with E-state index >= 15 is 0 Å². The molecule has 1 heterocycles. The summed E-state index contributed by atoms with van der Waals surface area (Å²) in [6.07, 6.45) is 7.10. The van der Waals surface area contributed by atoms with Crippen LogP contribution in [0.5, 0.6) is 0 Å². The third-order valence-electron chi connectivity index (χ3n) is 3.19. The second-order valence-corrected chi connectivity index (χ2v) is 4.70. The first kappa shape index (κ1) is 13.7. The zero-order valence-electron chi connectivity index (χ0n) is 10.8. The Hall–Kier alpha value is -1.72. The predicted octanol–water partition coefficient (Wildman–Crippen LogP) is 1.56. The molecule has 0 aromatic heterocycles. The van der Waals surface area contributed by atoms with Gasteiger partial charge in [-0.05, 0) is 25.8 Å².